The summed E-state index contributed by atoms with van der Waals surface area (Å²) in [5.41, 5.74) is 1.04. The van der Waals surface area contributed by atoms with Crippen LogP contribution in [-0.2, 0) is 4.79 Å². The second-order valence-electron chi connectivity index (χ2n) is 4.93. The maximum Gasteiger partial charge on any atom is 0.253 e. The average Bonchev–Trinajstić information content (AvgIpc) is 2.38. The molecule has 0 heterocycles. The van der Waals surface area contributed by atoms with Crippen LogP contribution in [0.15, 0.2) is 24.3 Å². The lowest BCUT2D eigenvalue weighted by Crippen LogP contribution is -2.31. The number of hydrogen-bond donors (Lipinski definition) is 3. The maximum atomic E-state index is 12.0. The van der Waals surface area contributed by atoms with E-state index in [1.807, 2.05) is 20.9 Å². The van der Waals surface area contributed by atoms with Crippen LogP contribution in [0.25, 0.3) is 0 Å². The van der Waals surface area contributed by atoms with Crippen molar-refractivity contribution < 1.29 is 9.59 Å². The van der Waals surface area contributed by atoms with Crippen LogP contribution in [0.4, 0.5) is 5.69 Å². The van der Waals surface area contributed by atoms with Gasteiger partial charge in [-0.05, 0) is 46.0 Å². The van der Waals surface area contributed by atoms with Crippen LogP contribution in [0, 0.1) is 0 Å². The van der Waals surface area contributed by atoms with Gasteiger partial charge in [-0.3, -0.25) is 9.59 Å². The zero-order valence-corrected chi connectivity index (χ0v) is 12.3. The molecule has 0 saturated heterocycles. The Balaban J connectivity index is 2.70. The fourth-order valence-electron chi connectivity index (χ4n) is 1.77. The summed E-state index contributed by atoms with van der Waals surface area (Å²) in [4.78, 5) is 23.9. The van der Waals surface area contributed by atoms with E-state index in [-0.39, 0.29) is 17.9 Å². The predicted octanol–water partition coefficient (Wildman–Crippen LogP) is 1.76. The molecule has 0 radical (unpaired) electrons. The Morgan fingerprint density at radius 1 is 1.20 bits per heavy atom. The molecule has 1 aromatic rings. The molecule has 1 aromatic carbocycles. The first-order valence-electron chi connectivity index (χ1n) is 6.89. The van der Waals surface area contributed by atoms with E-state index in [4.69, 9.17) is 0 Å². The number of carbonyl (C=O) groups excluding carboxylic acids is 2. The molecule has 0 atom stereocenters. The smallest absolute Gasteiger partial charge is 0.253 e. The molecular weight excluding hydrogens is 254 g/mol. The largest absolute Gasteiger partial charge is 0.350 e. The lowest BCUT2D eigenvalue weighted by Gasteiger charge is -2.13. The van der Waals surface area contributed by atoms with Gasteiger partial charge in [0.2, 0.25) is 5.91 Å². The van der Waals surface area contributed by atoms with Gasteiger partial charge in [0, 0.05) is 12.5 Å². The highest BCUT2D eigenvalue weighted by Crippen LogP contribution is 2.15. The highest BCUT2D eigenvalue weighted by Gasteiger charge is 2.13. The molecule has 0 spiro atoms. The Labute approximate surface area is 120 Å². The summed E-state index contributed by atoms with van der Waals surface area (Å²) >= 11 is 0. The molecule has 0 aliphatic heterocycles. The monoisotopic (exact) mass is 277 g/mol. The first kappa shape index (κ1) is 16.2. The molecule has 1 rings (SSSR count). The number of para-hydroxylation sites is 1. The molecule has 5 heteroatoms. The molecule has 0 fully saturated rings. The van der Waals surface area contributed by atoms with E-state index in [9.17, 15) is 9.59 Å². The first-order chi connectivity index (χ1) is 9.54. The lowest BCUT2D eigenvalue weighted by atomic mass is 10.1. The van der Waals surface area contributed by atoms with Crippen molar-refractivity contribution in [1.82, 2.24) is 10.6 Å². The Bertz CT molecular complexity index is 458. The van der Waals surface area contributed by atoms with Gasteiger partial charge in [0.25, 0.3) is 5.91 Å². The summed E-state index contributed by atoms with van der Waals surface area (Å²) in [6.07, 6.45) is 1.20. The van der Waals surface area contributed by atoms with E-state index in [1.54, 1.807) is 24.3 Å². The third-order valence-electron chi connectivity index (χ3n) is 2.70. The van der Waals surface area contributed by atoms with Crippen molar-refractivity contribution in [1.29, 1.82) is 0 Å². The van der Waals surface area contributed by atoms with E-state index in [0.717, 1.165) is 13.0 Å². The van der Waals surface area contributed by atoms with Crippen LogP contribution >= 0.6 is 0 Å². The number of carbonyl (C=O) groups is 2. The quantitative estimate of drug-likeness (QED) is 0.665. The van der Waals surface area contributed by atoms with Crippen molar-refractivity contribution in [2.75, 3.05) is 18.9 Å². The van der Waals surface area contributed by atoms with Crippen LogP contribution < -0.4 is 16.0 Å². The highest BCUT2D eigenvalue weighted by atomic mass is 16.2. The summed E-state index contributed by atoms with van der Waals surface area (Å²) in [5, 5.41) is 8.61. The molecule has 3 N–H and O–H groups in total. The molecule has 0 unspecified atom stereocenters. The van der Waals surface area contributed by atoms with E-state index < -0.39 is 0 Å². The minimum atomic E-state index is -0.175. The molecule has 110 valence electrons. The SMILES string of the molecule is CNCCCC(=O)Nc1ccccc1C(=O)NC(C)C. The fraction of sp³-hybridized carbons (Fsp3) is 0.467. The molecule has 2 amide bonds. The number of nitrogens with one attached hydrogen (secondary N) is 3. The summed E-state index contributed by atoms with van der Waals surface area (Å²) in [7, 11) is 1.85. The second-order valence-corrected chi connectivity index (χ2v) is 4.93. The fourth-order valence-corrected chi connectivity index (χ4v) is 1.77. The van der Waals surface area contributed by atoms with Gasteiger partial charge in [0.05, 0.1) is 11.3 Å². The van der Waals surface area contributed by atoms with E-state index in [1.165, 1.54) is 0 Å². The van der Waals surface area contributed by atoms with Crippen molar-refractivity contribution in [3.63, 3.8) is 0 Å². The van der Waals surface area contributed by atoms with Crippen molar-refractivity contribution in [3.05, 3.63) is 29.8 Å². The van der Waals surface area contributed by atoms with Gasteiger partial charge in [0.1, 0.15) is 0 Å². The van der Waals surface area contributed by atoms with Crippen molar-refractivity contribution in [2.24, 2.45) is 0 Å². The lowest BCUT2D eigenvalue weighted by molar-refractivity contribution is -0.116. The molecule has 5 nitrogen and oxygen atoms in total. The normalized spacial score (nSPS) is 10.4. The van der Waals surface area contributed by atoms with Gasteiger partial charge in [-0.15, -0.1) is 0 Å². The van der Waals surface area contributed by atoms with E-state index in [0.29, 0.717) is 17.7 Å². The minimum Gasteiger partial charge on any atom is -0.350 e. The van der Waals surface area contributed by atoms with Crippen LogP contribution in [0.5, 0.6) is 0 Å². The number of hydrogen-bond acceptors (Lipinski definition) is 3. The van der Waals surface area contributed by atoms with Gasteiger partial charge in [0.15, 0.2) is 0 Å². The zero-order chi connectivity index (χ0) is 15.0. The summed E-state index contributed by atoms with van der Waals surface area (Å²) in [6, 6.07) is 7.09. The van der Waals surface area contributed by atoms with Gasteiger partial charge in [-0.1, -0.05) is 12.1 Å². The zero-order valence-electron chi connectivity index (χ0n) is 12.3. The first-order valence-corrected chi connectivity index (χ1v) is 6.89. The number of amides is 2. The van der Waals surface area contributed by atoms with Gasteiger partial charge in [-0.25, -0.2) is 0 Å². The number of rotatable bonds is 7. The Kier molecular flexibility index (Phi) is 6.73. The Morgan fingerprint density at radius 2 is 1.90 bits per heavy atom. The topological polar surface area (TPSA) is 70.2 Å². The summed E-state index contributed by atoms with van der Waals surface area (Å²) in [6.45, 7) is 4.59. The summed E-state index contributed by atoms with van der Waals surface area (Å²) in [5.74, 6) is -0.254. The second kappa shape index (κ2) is 8.32. The summed E-state index contributed by atoms with van der Waals surface area (Å²) < 4.78 is 0. The number of anilines is 1. The molecule has 0 aliphatic carbocycles. The molecule has 0 aromatic heterocycles. The van der Waals surface area contributed by atoms with Crippen LogP contribution in [0.3, 0.4) is 0 Å². The predicted molar refractivity (Wildman–Crippen MR) is 80.8 cm³/mol. The molecule has 0 saturated carbocycles. The minimum absolute atomic E-state index is 0.0573. The molecular formula is C15H23N3O2. The van der Waals surface area contributed by atoms with Gasteiger partial charge in [-0.2, -0.15) is 0 Å². The Hall–Kier alpha value is -1.88. The average molecular weight is 277 g/mol. The van der Waals surface area contributed by atoms with Crippen LogP contribution in [-0.4, -0.2) is 31.4 Å². The third-order valence-corrected chi connectivity index (χ3v) is 2.70. The van der Waals surface area contributed by atoms with Crippen LogP contribution in [0.2, 0.25) is 0 Å². The molecule has 0 aliphatic rings. The van der Waals surface area contributed by atoms with Crippen molar-refractivity contribution >= 4 is 17.5 Å². The number of benzene rings is 1. The Morgan fingerprint density at radius 3 is 2.55 bits per heavy atom. The third kappa shape index (κ3) is 5.40. The molecule has 20 heavy (non-hydrogen) atoms. The van der Waals surface area contributed by atoms with E-state index in [2.05, 4.69) is 16.0 Å². The molecule has 0 bridgehead atoms. The van der Waals surface area contributed by atoms with Crippen molar-refractivity contribution in [3.8, 4) is 0 Å². The standard InChI is InChI=1S/C15H23N3O2/c1-11(2)17-15(20)12-7-4-5-8-13(12)18-14(19)9-6-10-16-3/h4-5,7-8,11,16H,6,9-10H2,1-3H3,(H,17,20)(H,18,19). The highest BCUT2D eigenvalue weighted by molar-refractivity contribution is 6.03. The van der Waals surface area contributed by atoms with Gasteiger partial charge < -0.3 is 16.0 Å². The maximum absolute atomic E-state index is 12.0. The van der Waals surface area contributed by atoms with Crippen molar-refractivity contribution in [2.45, 2.75) is 32.7 Å². The van der Waals surface area contributed by atoms with E-state index >= 15 is 0 Å². The van der Waals surface area contributed by atoms with Gasteiger partial charge >= 0.3 is 0 Å². The van der Waals surface area contributed by atoms with Crippen LogP contribution in [0.1, 0.15) is 37.0 Å².